The van der Waals surface area contributed by atoms with Crippen LogP contribution in [0.1, 0.15) is 115 Å². The number of hydrogen-bond donors (Lipinski definition) is 5. The largest absolute Gasteiger partial charge is 0.474 e. The van der Waals surface area contributed by atoms with Gasteiger partial charge in [-0.15, -0.1) is 0 Å². The molecule has 2 aliphatic rings. The zero-order valence-corrected chi connectivity index (χ0v) is 30.1. The van der Waals surface area contributed by atoms with Gasteiger partial charge in [-0.3, -0.25) is 27.9 Å². The summed E-state index contributed by atoms with van der Waals surface area (Å²) in [5.74, 6) is 0. The number of ether oxygens (including phenoxy) is 2. The first-order chi connectivity index (χ1) is 24.0. The number of phosphoric acid groups is 1. The first-order valence-corrected chi connectivity index (χ1v) is 19.4. The zero-order chi connectivity index (χ0) is 36.5. The highest BCUT2D eigenvalue weighted by Crippen LogP contribution is 2.51. The number of aromatic nitrogens is 2. The number of unbranched alkanes of at least 4 members (excludes halogenated alkanes) is 13. The maximum absolute atomic E-state index is 13.8. The van der Waals surface area contributed by atoms with Gasteiger partial charge in [-0.1, -0.05) is 95.5 Å². The average molecular weight is 734 g/mol. The molecule has 286 valence electrons. The molecule has 0 aliphatic carbocycles. The molecular weight excluding hydrogens is 677 g/mol. The third kappa shape index (κ3) is 13.4. The van der Waals surface area contributed by atoms with Gasteiger partial charge in [0.05, 0.1) is 32.0 Å². The molecule has 50 heavy (non-hydrogen) atoms. The predicted molar refractivity (Wildman–Crippen MR) is 182 cm³/mol. The van der Waals surface area contributed by atoms with E-state index >= 15 is 0 Å². The highest BCUT2D eigenvalue weighted by molar-refractivity contribution is 7.48. The van der Waals surface area contributed by atoms with Gasteiger partial charge in [0.15, 0.2) is 6.29 Å². The number of nitrogens with zero attached hydrogens (tertiary/aromatic N) is 4. The fraction of sp³-hybridized carbons (Fsp3) is 0.875. The summed E-state index contributed by atoms with van der Waals surface area (Å²) in [5.41, 5.74) is 8.12. The Morgan fingerprint density at radius 1 is 0.860 bits per heavy atom. The van der Waals surface area contributed by atoms with E-state index in [2.05, 4.69) is 21.9 Å². The Labute approximate surface area is 292 Å². The molecule has 3 heterocycles. The van der Waals surface area contributed by atoms with Crippen molar-refractivity contribution in [2.75, 3.05) is 19.8 Å². The summed E-state index contributed by atoms with van der Waals surface area (Å²) in [6.45, 7) is 2.66. The van der Waals surface area contributed by atoms with Gasteiger partial charge in [-0.2, -0.15) is 0 Å². The van der Waals surface area contributed by atoms with E-state index in [-0.39, 0.29) is 18.6 Å². The van der Waals surface area contributed by atoms with Crippen LogP contribution in [0.3, 0.4) is 0 Å². The van der Waals surface area contributed by atoms with Crippen LogP contribution in [0, 0.1) is 6.92 Å². The van der Waals surface area contributed by atoms with E-state index in [1.54, 1.807) is 0 Å². The molecule has 1 aromatic heterocycles. The van der Waals surface area contributed by atoms with Gasteiger partial charge in [0.1, 0.15) is 30.6 Å². The van der Waals surface area contributed by atoms with Crippen LogP contribution in [0.25, 0.3) is 10.4 Å². The van der Waals surface area contributed by atoms with Gasteiger partial charge < -0.3 is 29.9 Å². The lowest BCUT2D eigenvalue weighted by Gasteiger charge is -2.38. The molecule has 1 aromatic rings. The second-order valence-electron chi connectivity index (χ2n) is 13.1. The number of phosphoric ester groups is 1. The lowest BCUT2D eigenvalue weighted by molar-refractivity contribution is -0.285. The van der Waals surface area contributed by atoms with Crippen LogP contribution in [0.4, 0.5) is 0 Å². The number of aromatic amines is 1. The second kappa shape index (κ2) is 22.0. The van der Waals surface area contributed by atoms with Crippen LogP contribution in [-0.4, -0.2) is 92.6 Å². The standard InChI is InChI=1S/C32H56N5O12P/c1-3-4-5-6-7-8-9-10-11-12-13-14-15-16-17-45-50(44,47-21-25-27(38)28(39)29(40)31(42)49-25)46-20-24-23(35-36-33)18-26(48-24)37-19-22(2)30(41)34-32(37)43/h19,23-29,31,38-40,42H,3-18,20-21H2,1-2H3,(H,34,41,43)/t23-,24+,25+,26?,27+,28-,29+,31?,50?/m0/s1. The smallest absolute Gasteiger partial charge is 0.387 e. The Hall–Kier alpha value is -2.14. The molecule has 0 amide bonds. The third-order valence-corrected chi connectivity index (χ3v) is 10.5. The number of rotatable bonds is 24. The Bertz CT molecular complexity index is 1360. The lowest BCUT2D eigenvalue weighted by atomic mass is 10.00. The average Bonchev–Trinajstić information content (AvgIpc) is 3.49. The summed E-state index contributed by atoms with van der Waals surface area (Å²) >= 11 is 0. The van der Waals surface area contributed by atoms with Crippen molar-refractivity contribution in [3.8, 4) is 0 Å². The number of aryl methyl sites for hydroxylation is 1. The van der Waals surface area contributed by atoms with Crippen molar-refractivity contribution in [2.24, 2.45) is 5.11 Å². The van der Waals surface area contributed by atoms with Gasteiger partial charge in [0, 0.05) is 23.1 Å². The summed E-state index contributed by atoms with van der Waals surface area (Å²) in [4.78, 5) is 29.3. The van der Waals surface area contributed by atoms with E-state index in [1.165, 1.54) is 70.9 Å². The molecule has 0 bridgehead atoms. The highest BCUT2D eigenvalue weighted by atomic mass is 31.2. The molecule has 3 unspecified atom stereocenters. The lowest BCUT2D eigenvalue weighted by Crippen LogP contribution is -2.58. The number of azide groups is 1. The van der Waals surface area contributed by atoms with Crippen LogP contribution in [0.15, 0.2) is 20.9 Å². The summed E-state index contributed by atoms with van der Waals surface area (Å²) < 4.78 is 42.7. The van der Waals surface area contributed by atoms with Crippen molar-refractivity contribution >= 4 is 7.82 Å². The molecule has 3 rings (SSSR count). The minimum atomic E-state index is -4.41. The van der Waals surface area contributed by atoms with E-state index in [4.69, 9.17) is 28.6 Å². The first kappa shape index (κ1) is 42.3. The van der Waals surface area contributed by atoms with E-state index in [1.807, 2.05) is 0 Å². The van der Waals surface area contributed by atoms with Gasteiger partial charge in [0.25, 0.3) is 5.56 Å². The van der Waals surface area contributed by atoms with Crippen molar-refractivity contribution in [1.82, 2.24) is 9.55 Å². The minimum absolute atomic E-state index is 0.00727. The van der Waals surface area contributed by atoms with Gasteiger partial charge in [-0.05, 0) is 18.9 Å². The monoisotopic (exact) mass is 733 g/mol. The van der Waals surface area contributed by atoms with Gasteiger partial charge in [0.2, 0.25) is 0 Å². The summed E-state index contributed by atoms with van der Waals surface area (Å²) in [7, 11) is -4.41. The van der Waals surface area contributed by atoms with E-state index in [9.17, 15) is 34.6 Å². The normalized spacial score (nSPS) is 28.0. The first-order valence-electron chi connectivity index (χ1n) is 17.9. The second-order valence-corrected chi connectivity index (χ2v) is 14.8. The van der Waals surface area contributed by atoms with E-state index in [0.29, 0.717) is 6.42 Å². The van der Waals surface area contributed by atoms with E-state index < -0.39 is 81.4 Å². The summed E-state index contributed by atoms with van der Waals surface area (Å²) in [5, 5.41) is 43.7. The van der Waals surface area contributed by atoms with Crippen LogP contribution in [-0.2, 0) is 27.6 Å². The Balaban J connectivity index is 1.52. The molecule has 0 aromatic carbocycles. The van der Waals surface area contributed by atoms with E-state index in [0.717, 1.165) is 30.3 Å². The number of H-pyrrole nitrogens is 1. The Kier molecular flexibility index (Phi) is 18.6. The SMILES string of the molecule is CCCCCCCCCCCCCCCCOP(=O)(OC[C@H]1OC(O)[C@H](O)[C@@H](O)[C@@H]1O)OC[C@H]1OC(n2cc(C)c(=O)[nH]c2=O)C[C@@H]1N=[N+]=[N-]. The quantitative estimate of drug-likeness (QED) is 0.0329. The molecular formula is C32H56N5O12P. The molecule has 0 radical (unpaired) electrons. The molecule has 18 heteroatoms. The number of aliphatic hydroxyl groups excluding tert-OH is 4. The number of hydrogen-bond acceptors (Lipinski definition) is 13. The zero-order valence-electron chi connectivity index (χ0n) is 29.2. The molecule has 2 fully saturated rings. The van der Waals surface area contributed by atoms with Gasteiger partial charge in [-0.25, -0.2) is 9.36 Å². The predicted octanol–water partition coefficient (Wildman–Crippen LogP) is 4.25. The fourth-order valence-electron chi connectivity index (χ4n) is 6.01. The maximum atomic E-state index is 13.8. The van der Waals surface area contributed by atoms with Crippen molar-refractivity contribution in [3.63, 3.8) is 0 Å². The maximum Gasteiger partial charge on any atom is 0.474 e. The van der Waals surface area contributed by atoms with Crippen molar-refractivity contribution in [1.29, 1.82) is 0 Å². The molecule has 2 aliphatic heterocycles. The summed E-state index contributed by atoms with van der Waals surface area (Å²) in [6, 6.07) is -0.848. The topological polar surface area (TPSA) is 248 Å². The van der Waals surface area contributed by atoms with Crippen LogP contribution in [0.2, 0.25) is 0 Å². The number of aliphatic hydroxyl groups is 4. The third-order valence-electron chi connectivity index (χ3n) is 9.09. The van der Waals surface area contributed by atoms with Crippen LogP contribution >= 0.6 is 7.82 Å². The molecule has 0 saturated carbocycles. The van der Waals surface area contributed by atoms with Gasteiger partial charge >= 0.3 is 13.5 Å². The molecule has 0 spiro atoms. The van der Waals surface area contributed by atoms with Crippen LogP contribution in [0.5, 0.6) is 0 Å². The molecule has 2 saturated heterocycles. The molecule has 5 N–H and O–H groups in total. The molecule has 17 nitrogen and oxygen atoms in total. The summed E-state index contributed by atoms with van der Waals surface area (Å²) in [6.07, 6.45) is 7.21. The fourth-order valence-corrected chi connectivity index (χ4v) is 7.24. The number of nitrogens with one attached hydrogen (secondary N) is 1. The minimum Gasteiger partial charge on any atom is -0.387 e. The van der Waals surface area contributed by atoms with Crippen molar-refractivity contribution in [3.05, 3.63) is 43.0 Å². The van der Waals surface area contributed by atoms with Crippen molar-refractivity contribution in [2.45, 2.75) is 159 Å². The Morgan fingerprint density at radius 3 is 2.00 bits per heavy atom. The molecule has 9 atom stereocenters. The highest BCUT2D eigenvalue weighted by Gasteiger charge is 2.45. The van der Waals surface area contributed by atoms with Crippen molar-refractivity contribution < 1.29 is 48.0 Å². The van der Waals surface area contributed by atoms with Crippen LogP contribution < -0.4 is 11.2 Å². The Morgan fingerprint density at radius 2 is 1.42 bits per heavy atom.